The predicted octanol–water partition coefficient (Wildman–Crippen LogP) is 2.82. The normalized spacial score (nSPS) is 10.2. The van der Waals surface area contributed by atoms with Gasteiger partial charge in [-0.25, -0.2) is 0 Å². The zero-order chi connectivity index (χ0) is 16.2. The number of nitrogens with zero attached hydrogens (tertiary/aromatic N) is 3. The highest BCUT2D eigenvalue weighted by atomic mass is 16.5. The summed E-state index contributed by atoms with van der Waals surface area (Å²) in [6, 6.07) is 14.4. The molecule has 1 aromatic heterocycles. The number of fused-ring (bicyclic) bond motifs is 1. The molecule has 0 aliphatic carbocycles. The molecular formula is C17H13N5O. The summed E-state index contributed by atoms with van der Waals surface area (Å²) in [5.41, 5.74) is 2.47. The molecule has 3 rings (SSSR count). The smallest absolute Gasteiger partial charge is 0.138 e. The Labute approximate surface area is 132 Å². The molecule has 0 amide bonds. The van der Waals surface area contributed by atoms with E-state index in [2.05, 4.69) is 15.5 Å². The summed E-state index contributed by atoms with van der Waals surface area (Å²) in [6.07, 6.45) is 0. The Hall–Kier alpha value is -3.35. The van der Waals surface area contributed by atoms with Gasteiger partial charge in [0.25, 0.3) is 0 Å². The maximum atomic E-state index is 9.06. The summed E-state index contributed by atoms with van der Waals surface area (Å²) >= 11 is 0. The van der Waals surface area contributed by atoms with Crippen molar-refractivity contribution in [2.24, 2.45) is 0 Å². The lowest BCUT2D eigenvalue weighted by atomic mass is 10.1. The molecule has 0 saturated heterocycles. The van der Waals surface area contributed by atoms with Gasteiger partial charge in [0.2, 0.25) is 0 Å². The van der Waals surface area contributed by atoms with Gasteiger partial charge in [0.15, 0.2) is 0 Å². The molecular weight excluding hydrogens is 290 g/mol. The van der Waals surface area contributed by atoms with E-state index in [9.17, 15) is 0 Å². The van der Waals surface area contributed by atoms with Crippen LogP contribution in [-0.4, -0.2) is 17.2 Å². The summed E-state index contributed by atoms with van der Waals surface area (Å²) in [4.78, 5) is 0. The maximum absolute atomic E-state index is 9.06. The minimum absolute atomic E-state index is 0.383. The second-order valence-corrected chi connectivity index (χ2v) is 4.95. The number of aromatic nitrogens is 2. The van der Waals surface area contributed by atoms with E-state index in [4.69, 9.17) is 15.3 Å². The van der Waals surface area contributed by atoms with Gasteiger partial charge >= 0.3 is 0 Å². The molecule has 3 aromatic rings. The molecule has 0 unspecified atom stereocenters. The van der Waals surface area contributed by atoms with Crippen LogP contribution in [0.5, 0.6) is 11.5 Å². The third kappa shape index (κ3) is 2.84. The van der Waals surface area contributed by atoms with Crippen LogP contribution in [0.4, 0.5) is 0 Å². The first-order valence-corrected chi connectivity index (χ1v) is 6.99. The van der Waals surface area contributed by atoms with E-state index in [1.165, 1.54) is 6.07 Å². The lowest BCUT2D eigenvalue weighted by molar-refractivity contribution is 0.487. The second kappa shape index (κ2) is 6.18. The molecule has 0 fully saturated rings. The van der Waals surface area contributed by atoms with E-state index >= 15 is 0 Å². The summed E-state index contributed by atoms with van der Waals surface area (Å²) in [7, 11) is 1.85. The van der Waals surface area contributed by atoms with Gasteiger partial charge in [-0.15, -0.1) is 0 Å². The highest BCUT2D eigenvalue weighted by Gasteiger charge is 2.12. The number of ether oxygens (including phenoxy) is 1. The van der Waals surface area contributed by atoms with E-state index in [0.717, 1.165) is 16.6 Å². The van der Waals surface area contributed by atoms with Crippen LogP contribution in [0.15, 0.2) is 36.4 Å². The van der Waals surface area contributed by atoms with Crippen LogP contribution in [-0.2, 0) is 6.54 Å². The molecule has 0 atom stereocenters. The molecule has 112 valence electrons. The number of benzene rings is 2. The number of hydrogen-bond donors (Lipinski definition) is 2. The Morgan fingerprint density at radius 3 is 2.57 bits per heavy atom. The van der Waals surface area contributed by atoms with Crippen molar-refractivity contribution in [2.75, 3.05) is 7.05 Å². The minimum atomic E-state index is 0.383. The number of aromatic amines is 1. The fourth-order valence-corrected chi connectivity index (χ4v) is 2.40. The van der Waals surface area contributed by atoms with Crippen LogP contribution < -0.4 is 10.1 Å². The van der Waals surface area contributed by atoms with E-state index < -0.39 is 0 Å². The van der Waals surface area contributed by atoms with Crippen molar-refractivity contribution in [3.8, 4) is 23.6 Å². The van der Waals surface area contributed by atoms with Gasteiger partial charge in [0.1, 0.15) is 11.5 Å². The molecule has 1 heterocycles. The highest BCUT2D eigenvalue weighted by molar-refractivity contribution is 5.88. The molecule has 2 aromatic carbocycles. The number of nitriles is 2. The van der Waals surface area contributed by atoms with Crippen molar-refractivity contribution in [1.82, 2.24) is 15.5 Å². The molecule has 6 heteroatoms. The molecule has 23 heavy (non-hydrogen) atoms. The third-order valence-corrected chi connectivity index (χ3v) is 3.36. The van der Waals surface area contributed by atoms with Crippen LogP contribution in [0.1, 0.15) is 16.8 Å². The first-order chi connectivity index (χ1) is 11.2. The lowest BCUT2D eigenvalue weighted by Gasteiger charge is -2.09. The van der Waals surface area contributed by atoms with Gasteiger partial charge < -0.3 is 10.1 Å². The van der Waals surface area contributed by atoms with Gasteiger partial charge in [-0.2, -0.15) is 15.6 Å². The van der Waals surface area contributed by atoms with Crippen molar-refractivity contribution in [3.05, 3.63) is 53.2 Å². The Balaban J connectivity index is 2.07. The molecule has 0 saturated carbocycles. The summed E-state index contributed by atoms with van der Waals surface area (Å²) in [5, 5.41) is 29.3. The fourth-order valence-electron chi connectivity index (χ4n) is 2.40. The molecule has 2 N–H and O–H groups in total. The average Bonchev–Trinajstić information content (AvgIpc) is 2.99. The van der Waals surface area contributed by atoms with E-state index in [1.807, 2.05) is 37.4 Å². The monoisotopic (exact) mass is 303 g/mol. The van der Waals surface area contributed by atoms with Gasteiger partial charge in [0.05, 0.1) is 39.9 Å². The average molecular weight is 303 g/mol. The first-order valence-electron chi connectivity index (χ1n) is 6.99. The van der Waals surface area contributed by atoms with Crippen LogP contribution >= 0.6 is 0 Å². The number of rotatable bonds is 4. The van der Waals surface area contributed by atoms with Gasteiger partial charge in [0, 0.05) is 6.54 Å². The van der Waals surface area contributed by atoms with Crippen LogP contribution in [0.25, 0.3) is 10.9 Å². The maximum Gasteiger partial charge on any atom is 0.138 e. The van der Waals surface area contributed by atoms with E-state index in [-0.39, 0.29) is 0 Å². The van der Waals surface area contributed by atoms with Crippen LogP contribution in [0.3, 0.4) is 0 Å². The molecule has 6 nitrogen and oxygen atoms in total. The first kappa shape index (κ1) is 14.6. The Morgan fingerprint density at radius 1 is 1.17 bits per heavy atom. The van der Waals surface area contributed by atoms with Crippen LogP contribution in [0.2, 0.25) is 0 Å². The zero-order valence-corrected chi connectivity index (χ0v) is 12.4. The van der Waals surface area contributed by atoms with E-state index in [1.54, 1.807) is 12.1 Å². The largest absolute Gasteiger partial charge is 0.456 e. The standard InChI is InChI=1S/C17H13N5O/c1-20-10-15-17-14(21-22-15)3-2-4-16(17)23-13-6-11(8-18)5-12(7-13)9-19/h2-7,20H,10H2,1H3,(H,21,22). The zero-order valence-electron chi connectivity index (χ0n) is 12.4. The number of hydrogen-bond acceptors (Lipinski definition) is 5. The summed E-state index contributed by atoms with van der Waals surface area (Å²) in [5.74, 6) is 1.07. The van der Waals surface area contributed by atoms with Crippen molar-refractivity contribution in [2.45, 2.75) is 6.54 Å². The minimum Gasteiger partial charge on any atom is -0.456 e. The van der Waals surface area contributed by atoms with Gasteiger partial charge in [-0.3, -0.25) is 5.10 Å². The summed E-state index contributed by atoms with van der Waals surface area (Å²) < 4.78 is 5.93. The lowest BCUT2D eigenvalue weighted by Crippen LogP contribution is -2.05. The quantitative estimate of drug-likeness (QED) is 0.772. The topological polar surface area (TPSA) is 97.5 Å². The van der Waals surface area contributed by atoms with E-state index in [0.29, 0.717) is 29.2 Å². The Kier molecular flexibility index (Phi) is 3.92. The van der Waals surface area contributed by atoms with Gasteiger partial charge in [-0.1, -0.05) is 6.07 Å². The number of H-pyrrole nitrogens is 1. The predicted molar refractivity (Wildman–Crippen MR) is 84.8 cm³/mol. The Morgan fingerprint density at radius 2 is 1.91 bits per heavy atom. The van der Waals surface area contributed by atoms with Crippen molar-refractivity contribution in [1.29, 1.82) is 10.5 Å². The molecule has 0 spiro atoms. The molecule has 0 bridgehead atoms. The molecule has 0 aliphatic heterocycles. The SMILES string of the molecule is CNCc1[nH]nc2cccc(Oc3cc(C#N)cc(C#N)c3)c12. The molecule has 0 aliphatic rings. The van der Waals surface area contributed by atoms with Crippen molar-refractivity contribution in [3.63, 3.8) is 0 Å². The fraction of sp³-hybridized carbons (Fsp3) is 0.118. The second-order valence-electron chi connectivity index (χ2n) is 4.95. The Bertz CT molecular complexity index is 914. The van der Waals surface area contributed by atoms with Gasteiger partial charge in [-0.05, 0) is 37.4 Å². The summed E-state index contributed by atoms with van der Waals surface area (Å²) in [6.45, 7) is 0.624. The number of nitrogens with one attached hydrogen (secondary N) is 2. The van der Waals surface area contributed by atoms with Crippen molar-refractivity contribution >= 4 is 10.9 Å². The highest BCUT2D eigenvalue weighted by Crippen LogP contribution is 2.32. The third-order valence-electron chi connectivity index (χ3n) is 3.36. The van der Waals surface area contributed by atoms with Crippen LogP contribution in [0, 0.1) is 22.7 Å². The van der Waals surface area contributed by atoms with Crippen molar-refractivity contribution < 1.29 is 4.74 Å². The molecule has 0 radical (unpaired) electrons.